The summed E-state index contributed by atoms with van der Waals surface area (Å²) in [6, 6.07) is 12.0. The molecule has 0 radical (unpaired) electrons. The van der Waals surface area contributed by atoms with Gasteiger partial charge in [-0.3, -0.25) is 4.90 Å². The molecule has 26 heavy (non-hydrogen) atoms. The fourth-order valence-electron chi connectivity index (χ4n) is 6.25. The third kappa shape index (κ3) is 3.51. The van der Waals surface area contributed by atoms with Crippen molar-refractivity contribution in [3.05, 3.63) is 48.0 Å². The highest BCUT2D eigenvalue weighted by molar-refractivity contribution is 5.20. The SMILES string of the molecule is C1=C[C@H]2C[C@H]1C[C@H]2CN1CCN(C2CCC(c3ccccc3)CC2)CC1. The summed E-state index contributed by atoms with van der Waals surface area (Å²) < 4.78 is 0. The van der Waals surface area contributed by atoms with E-state index in [9.17, 15) is 0 Å². The zero-order chi connectivity index (χ0) is 17.3. The van der Waals surface area contributed by atoms with Crippen molar-refractivity contribution in [1.29, 1.82) is 0 Å². The van der Waals surface area contributed by atoms with Crippen molar-refractivity contribution < 1.29 is 0 Å². The minimum absolute atomic E-state index is 0.805. The second-order valence-electron chi connectivity index (χ2n) is 9.29. The van der Waals surface area contributed by atoms with Crippen LogP contribution in [0, 0.1) is 17.8 Å². The van der Waals surface area contributed by atoms with E-state index in [-0.39, 0.29) is 0 Å². The summed E-state index contributed by atoms with van der Waals surface area (Å²) in [5, 5.41) is 0. The summed E-state index contributed by atoms with van der Waals surface area (Å²) in [5.41, 5.74) is 1.57. The Bertz CT molecular complexity index is 608. The molecule has 2 nitrogen and oxygen atoms in total. The highest BCUT2D eigenvalue weighted by Crippen LogP contribution is 2.43. The smallest absolute Gasteiger partial charge is 0.0113 e. The van der Waals surface area contributed by atoms with Gasteiger partial charge in [0.2, 0.25) is 0 Å². The van der Waals surface area contributed by atoms with Gasteiger partial charge in [-0.05, 0) is 67.8 Å². The van der Waals surface area contributed by atoms with Gasteiger partial charge in [0.25, 0.3) is 0 Å². The molecule has 0 N–H and O–H groups in total. The number of hydrogen-bond acceptors (Lipinski definition) is 2. The molecule has 2 heteroatoms. The highest BCUT2D eigenvalue weighted by Gasteiger charge is 2.37. The molecule has 3 atom stereocenters. The molecule has 4 aliphatic rings. The van der Waals surface area contributed by atoms with Crippen molar-refractivity contribution in [3.63, 3.8) is 0 Å². The van der Waals surface area contributed by atoms with Gasteiger partial charge in [0.15, 0.2) is 0 Å². The molecule has 1 aromatic carbocycles. The first-order valence-electron chi connectivity index (χ1n) is 11.0. The number of allylic oxidation sites excluding steroid dienone is 2. The van der Waals surface area contributed by atoms with E-state index < -0.39 is 0 Å². The molecule has 1 heterocycles. The molecule has 0 amide bonds. The van der Waals surface area contributed by atoms with Crippen LogP contribution >= 0.6 is 0 Å². The van der Waals surface area contributed by atoms with E-state index in [1.54, 1.807) is 5.56 Å². The predicted molar refractivity (Wildman–Crippen MR) is 108 cm³/mol. The number of hydrogen-bond donors (Lipinski definition) is 0. The second-order valence-corrected chi connectivity index (χ2v) is 9.29. The third-order valence-electron chi connectivity index (χ3n) is 7.80. The van der Waals surface area contributed by atoms with Crippen LogP contribution in [0.5, 0.6) is 0 Å². The Hall–Kier alpha value is -1.12. The first kappa shape index (κ1) is 17.0. The van der Waals surface area contributed by atoms with Crippen molar-refractivity contribution in [1.82, 2.24) is 9.80 Å². The van der Waals surface area contributed by atoms with Crippen LogP contribution < -0.4 is 0 Å². The summed E-state index contributed by atoms with van der Waals surface area (Å²) in [7, 11) is 0. The number of piperazine rings is 1. The second kappa shape index (κ2) is 7.48. The number of rotatable bonds is 4. The molecule has 0 spiro atoms. The normalized spacial score (nSPS) is 38.1. The van der Waals surface area contributed by atoms with Crippen molar-refractivity contribution in [2.24, 2.45) is 17.8 Å². The number of benzene rings is 1. The maximum Gasteiger partial charge on any atom is 0.0113 e. The summed E-state index contributed by atoms with van der Waals surface area (Å²) >= 11 is 0. The monoisotopic (exact) mass is 350 g/mol. The Morgan fingerprint density at radius 1 is 0.808 bits per heavy atom. The van der Waals surface area contributed by atoms with Crippen LogP contribution in [0.15, 0.2) is 42.5 Å². The van der Waals surface area contributed by atoms with Gasteiger partial charge in [-0.2, -0.15) is 0 Å². The molecular weight excluding hydrogens is 316 g/mol. The van der Waals surface area contributed by atoms with E-state index in [4.69, 9.17) is 0 Å². The largest absolute Gasteiger partial charge is 0.300 e. The van der Waals surface area contributed by atoms with Gasteiger partial charge in [-0.15, -0.1) is 0 Å². The molecule has 0 unspecified atom stereocenters. The predicted octanol–water partition coefficient (Wildman–Crippen LogP) is 4.54. The van der Waals surface area contributed by atoms with E-state index in [0.29, 0.717) is 0 Å². The van der Waals surface area contributed by atoms with Gasteiger partial charge in [0.1, 0.15) is 0 Å². The first-order chi connectivity index (χ1) is 12.8. The lowest BCUT2D eigenvalue weighted by atomic mass is 9.81. The Balaban J connectivity index is 1.07. The maximum absolute atomic E-state index is 2.82. The molecule has 1 aliphatic heterocycles. The fraction of sp³-hybridized carbons (Fsp3) is 0.667. The van der Waals surface area contributed by atoms with Gasteiger partial charge in [-0.1, -0.05) is 42.5 Å². The van der Waals surface area contributed by atoms with E-state index >= 15 is 0 Å². The molecule has 5 rings (SSSR count). The molecule has 3 aliphatic carbocycles. The first-order valence-corrected chi connectivity index (χ1v) is 11.0. The van der Waals surface area contributed by atoms with Gasteiger partial charge >= 0.3 is 0 Å². The lowest BCUT2D eigenvalue weighted by Gasteiger charge is -2.43. The van der Waals surface area contributed by atoms with Crippen molar-refractivity contribution in [2.45, 2.75) is 50.5 Å². The average Bonchev–Trinajstić information content (AvgIpc) is 3.33. The highest BCUT2D eigenvalue weighted by atomic mass is 15.3. The topological polar surface area (TPSA) is 6.48 Å². The maximum atomic E-state index is 2.82. The molecule has 2 bridgehead atoms. The Morgan fingerprint density at radius 3 is 2.23 bits per heavy atom. The van der Waals surface area contributed by atoms with Crippen LogP contribution in [0.1, 0.15) is 50.0 Å². The van der Waals surface area contributed by atoms with Crippen molar-refractivity contribution in [2.75, 3.05) is 32.7 Å². The summed E-state index contributed by atoms with van der Waals surface area (Å²) in [4.78, 5) is 5.59. The van der Waals surface area contributed by atoms with Crippen LogP contribution in [0.25, 0.3) is 0 Å². The zero-order valence-electron chi connectivity index (χ0n) is 16.1. The summed E-state index contributed by atoms with van der Waals surface area (Å²) in [5.74, 6) is 3.59. The van der Waals surface area contributed by atoms with Crippen LogP contribution in [-0.2, 0) is 0 Å². The Kier molecular flexibility index (Phi) is 4.89. The molecule has 0 aromatic heterocycles. The average molecular weight is 351 g/mol. The van der Waals surface area contributed by atoms with E-state index in [2.05, 4.69) is 52.3 Å². The molecule has 3 fully saturated rings. The van der Waals surface area contributed by atoms with E-state index in [1.165, 1.54) is 71.2 Å². The van der Waals surface area contributed by atoms with E-state index in [1.807, 2.05) is 0 Å². The van der Waals surface area contributed by atoms with Gasteiger partial charge < -0.3 is 4.90 Å². The Labute approximate surface area is 159 Å². The summed E-state index contributed by atoms with van der Waals surface area (Å²) in [6.45, 7) is 6.57. The molecule has 2 saturated carbocycles. The van der Waals surface area contributed by atoms with Gasteiger partial charge in [0.05, 0.1) is 0 Å². The van der Waals surface area contributed by atoms with Gasteiger partial charge in [0, 0.05) is 38.8 Å². The lowest BCUT2D eigenvalue weighted by Crippen LogP contribution is -2.52. The van der Waals surface area contributed by atoms with E-state index in [0.717, 1.165) is 29.7 Å². The standard InChI is InChI=1S/C24H34N2/c1-2-4-20(5-3-1)21-8-10-24(11-9-21)26-14-12-25(13-15-26)18-23-17-19-6-7-22(23)16-19/h1-7,19,21-24H,8-18H2/t19-,21?,22-,23-,24?/m0/s1. The van der Waals surface area contributed by atoms with Crippen molar-refractivity contribution in [3.8, 4) is 0 Å². The zero-order valence-corrected chi connectivity index (χ0v) is 16.1. The van der Waals surface area contributed by atoms with Gasteiger partial charge in [-0.25, -0.2) is 0 Å². The number of fused-ring (bicyclic) bond motifs is 2. The van der Waals surface area contributed by atoms with Crippen LogP contribution in [0.2, 0.25) is 0 Å². The lowest BCUT2D eigenvalue weighted by molar-refractivity contribution is 0.0661. The minimum Gasteiger partial charge on any atom is -0.300 e. The number of nitrogens with zero attached hydrogens (tertiary/aromatic N) is 2. The van der Waals surface area contributed by atoms with Crippen LogP contribution in [0.3, 0.4) is 0 Å². The molecule has 1 aromatic rings. The summed E-state index contributed by atoms with van der Waals surface area (Å²) in [6.07, 6.45) is 13.5. The van der Waals surface area contributed by atoms with Crippen LogP contribution in [0.4, 0.5) is 0 Å². The Morgan fingerprint density at radius 2 is 1.58 bits per heavy atom. The van der Waals surface area contributed by atoms with Crippen molar-refractivity contribution >= 4 is 0 Å². The quantitative estimate of drug-likeness (QED) is 0.736. The van der Waals surface area contributed by atoms with Crippen LogP contribution in [-0.4, -0.2) is 48.6 Å². The third-order valence-corrected chi connectivity index (χ3v) is 7.80. The fourth-order valence-corrected chi connectivity index (χ4v) is 6.25. The molecular formula is C24H34N2. The molecule has 140 valence electrons. The minimum atomic E-state index is 0.805. The molecule has 1 saturated heterocycles.